The second-order valence-corrected chi connectivity index (χ2v) is 6.47. The van der Waals surface area contributed by atoms with Crippen molar-refractivity contribution in [2.75, 3.05) is 0 Å². The van der Waals surface area contributed by atoms with Crippen molar-refractivity contribution in [3.05, 3.63) is 91.0 Å². The van der Waals surface area contributed by atoms with Crippen molar-refractivity contribution in [1.82, 2.24) is 0 Å². The lowest BCUT2D eigenvalue weighted by molar-refractivity contribution is 0.475. The summed E-state index contributed by atoms with van der Waals surface area (Å²) in [5.41, 5.74) is 0. The third kappa shape index (κ3) is 5.12. The van der Waals surface area contributed by atoms with Gasteiger partial charge in [0.2, 0.25) is 0 Å². The fourth-order valence-electron chi connectivity index (χ4n) is 1.86. The highest BCUT2D eigenvalue weighted by Crippen LogP contribution is 2.02. The SMILES string of the molecule is Oc1ccccc1.c1ccc([SiH2]c2ccccc2)cc1. The normalized spacial score (nSPS) is 9.40. The number of aromatic hydroxyl groups is 1. The highest BCUT2D eigenvalue weighted by Gasteiger charge is 1.93. The number of phenols is 1. The maximum Gasteiger partial charge on any atom is 0.115 e. The Bertz CT molecular complexity index is 557. The van der Waals surface area contributed by atoms with Gasteiger partial charge in [-0.05, 0) is 12.1 Å². The highest BCUT2D eigenvalue weighted by atomic mass is 28.2. The van der Waals surface area contributed by atoms with E-state index in [1.807, 2.05) is 6.07 Å². The van der Waals surface area contributed by atoms with Crippen molar-refractivity contribution >= 4 is 19.9 Å². The van der Waals surface area contributed by atoms with E-state index in [0.29, 0.717) is 5.75 Å². The molecule has 1 nitrogen and oxygen atoms in total. The van der Waals surface area contributed by atoms with Gasteiger partial charge in [-0.15, -0.1) is 0 Å². The zero-order valence-electron chi connectivity index (χ0n) is 11.3. The minimum Gasteiger partial charge on any atom is -0.508 e. The lowest BCUT2D eigenvalue weighted by atomic mass is 10.3. The van der Waals surface area contributed by atoms with E-state index >= 15 is 0 Å². The maximum atomic E-state index is 8.63. The molecule has 0 aliphatic carbocycles. The largest absolute Gasteiger partial charge is 0.508 e. The van der Waals surface area contributed by atoms with Crippen LogP contribution in [-0.2, 0) is 0 Å². The van der Waals surface area contributed by atoms with Crippen LogP contribution in [0.1, 0.15) is 0 Å². The zero-order chi connectivity index (χ0) is 14.0. The molecule has 0 heterocycles. The highest BCUT2D eigenvalue weighted by molar-refractivity contribution is 6.67. The lowest BCUT2D eigenvalue weighted by Gasteiger charge is -1.99. The fraction of sp³-hybridized carbons (Fsp3) is 0. The molecule has 0 unspecified atom stereocenters. The summed E-state index contributed by atoms with van der Waals surface area (Å²) in [7, 11) is -0.234. The van der Waals surface area contributed by atoms with Crippen LogP contribution in [0.5, 0.6) is 5.75 Å². The molecular formula is C18H18OSi. The van der Waals surface area contributed by atoms with Gasteiger partial charge in [0, 0.05) is 0 Å². The molecule has 0 radical (unpaired) electrons. The molecule has 20 heavy (non-hydrogen) atoms. The van der Waals surface area contributed by atoms with E-state index < -0.39 is 0 Å². The summed E-state index contributed by atoms with van der Waals surface area (Å²) in [5, 5.41) is 11.6. The summed E-state index contributed by atoms with van der Waals surface area (Å²) < 4.78 is 0. The van der Waals surface area contributed by atoms with Crippen molar-refractivity contribution in [3.8, 4) is 5.75 Å². The van der Waals surface area contributed by atoms with Gasteiger partial charge >= 0.3 is 0 Å². The van der Waals surface area contributed by atoms with E-state index in [9.17, 15) is 0 Å². The van der Waals surface area contributed by atoms with E-state index in [1.165, 1.54) is 10.4 Å². The van der Waals surface area contributed by atoms with Gasteiger partial charge in [0.15, 0.2) is 0 Å². The molecule has 0 bridgehead atoms. The minimum absolute atomic E-state index is 0.234. The van der Waals surface area contributed by atoms with E-state index in [0.717, 1.165) is 0 Å². The predicted octanol–water partition coefficient (Wildman–Crippen LogP) is 2.20. The average molecular weight is 278 g/mol. The first-order valence-electron chi connectivity index (χ1n) is 6.66. The first-order valence-corrected chi connectivity index (χ1v) is 8.08. The molecule has 0 saturated heterocycles. The van der Waals surface area contributed by atoms with Crippen molar-refractivity contribution in [2.45, 2.75) is 0 Å². The smallest absolute Gasteiger partial charge is 0.115 e. The summed E-state index contributed by atoms with van der Waals surface area (Å²) in [6.45, 7) is 0. The van der Waals surface area contributed by atoms with Crippen LogP contribution in [0, 0.1) is 0 Å². The Hall–Kier alpha value is -2.32. The van der Waals surface area contributed by atoms with E-state index in [-0.39, 0.29) is 9.52 Å². The van der Waals surface area contributed by atoms with Gasteiger partial charge in [-0.1, -0.05) is 89.2 Å². The van der Waals surface area contributed by atoms with E-state index in [2.05, 4.69) is 60.7 Å². The standard InChI is InChI=1S/C12H12Si.C6H6O/c1-3-7-11(8-4-1)13-12-9-5-2-6-10-12;7-6-4-2-1-3-5-6/h1-10H,13H2;1-5,7H. The molecule has 3 aromatic rings. The van der Waals surface area contributed by atoms with Crippen molar-refractivity contribution in [3.63, 3.8) is 0 Å². The lowest BCUT2D eigenvalue weighted by Crippen LogP contribution is -2.26. The first-order chi connectivity index (χ1) is 9.84. The Morgan fingerprint density at radius 3 is 1.15 bits per heavy atom. The van der Waals surface area contributed by atoms with Crippen LogP contribution in [0.25, 0.3) is 0 Å². The van der Waals surface area contributed by atoms with Gasteiger partial charge in [0.05, 0.1) is 9.52 Å². The molecule has 0 aliphatic rings. The minimum atomic E-state index is -0.234. The van der Waals surface area contributed by atoms with Crippen LogP contribution in [-0.4, -0.2) is 14.6 Å². The Kier molecular flexibility index (Phi) is 5.62. The third-order valence-corrected chi connectivity index (χ3v) is 4.61. The summed E-state index contributed by atoms with van der Waals surface area (Å²) in [6.07, 6.45) is 0. The first kappa shape index (κ1) is 14.1. The second kappa shape index (κ2) is 7.97. The van der Waals surface area contributed by atoms with Gasteiger partial charge in [0.25, 0.3) is 0 Å². The molecule has 1 N–H and O–H groups in total. The van der Waals surface area contributed by atoms with Gasteiger partial charge in [0.1, 0.15) is 5.75 Å². The Balaban J connectivity index is 0.000000178. The van der Waals surface area contributed by atoms with Crippen LogP contribution in [0.3, 0.4) is 0 Å². The zero-order valence-corrected chi connectivity index (χ0v) is 12.7. The number of para-hydroxylation sites is 1. The Morgan fingerprint density at radius 2 is 0.850 bits per heavy atom. The summed E-state index contributed by atoms with van der Waals surface area (Å²) in [6, 6.07) is 30.2. The van der Waals surface area contributed by atoms with Crippen LogP contribution >= 0.6 is 0 Å². The molecule has 0 saturated carbocycles. The van der Waals surface area contributed by atoms with Crippen molar-refractivity contribution < 1.29 is 5.11 Å². The van der Waals surface area contributed by atoms with Crippen molar-refractivity contribution in [2.24, 2.45) is 0 Å². The Labute approximate surface area is 122 Å². The van der Waals surface area contributed by atoms with Crippen LogP contribution in [0.15, 0.2) is 91.0 Å². The summed E-state index contributed by atoms with van der Waals surface area (Å²) in [4.78, 5) is 0. The molecule has 0 aromatic heterocycles. The second-order valence-electron chi connectivity index (χ2n) is 4.48. The topological polar surface area (TPSA) is 20.2 Å². The molecule has 0 fully saturated rings. The molecule has 0 atom stereocenters. The molecule has 100 valence electrons. The number of phenolic OH excluding ortho intramolecular Hbond substituents is 1. The molecule has 0 aliphatic heterocycles. The number of hydrogen-bond donors (Lipinski definition) is 1. The fourth-order valence-corrected chi connectivity index (χ4v) is 3.34. The maximum absolute atomic E-state index is 8.63. The Morgan fingerprint density at radius 1 is 0.500 bits per heavy atom. The van der Waals surface area contributed by atoms with E-state index in [4.69, 9.17) is 5.11 Å². The monoisotopic (exact) mass is 278 g/mol. The quantitative estimate of drug-likeness (QED) is 0.713. The van der Waals surface area contributed by atoms with E-state index in [1.54, 1.807) is 24.3 Å². The van der Waals surface area contributed by atoms with Gasteiger partial charge in [-0.3, -0.25) is 0 Å². The molecule has 3 aromatic carbocycles. The summed E-state index contributed by atoms with van der Waals surface area (Å²) >= 11 is 0. The molecule has 0 amide bonds. The third-order valence-electron chi connectivity index (χ3n) is 2.85. The molecular weight excluding hydrogens is 260 g/mol. The number of rotatable bonds is 2. The van der Waals surface area contributed by atoms with Gasteiger partial charge in [-0.25, -0.2) is 0 Å². The molecule has 2 heteroatoms. The number of benzene rings is 3. The van der Waals surface area contributed by atoms with Crippen LogP contribution < -0.4 is 10.4 Å². The number of hydrogen-bond acceptors (Lipinski definition) is 1. The molecule has 3 rings (SSSR count). The average Bonchev–Trinajstić information content (AvgIpc) is 2.51. The van der Waals surface area contributed by atoms with Crippen LogP contribution in [0.2, 0.25) is 0 Å². The predicted molar refractivity (Wildman–Crippen MR) is 88.8 cm³/mol. The van der Waals surface area contributed by atoms with Crippen molar-refractivity contribution in [1.29, 1.82) is 0 Å². The molecule has 0 spiro atoms. The summed E-state index contributed by atoms with van der Waals surface area (Å²) in [5.74, 6) is 0.322. The van der Waals surface area contributed by atoms with Gasteiger partial charge in [-0.2, -0.15) is 0 Å². The van der Waals surface area contributed by atoms with Gasteiger partial charge < -0.3 is 5.11 Å². The van der Waals surface area contributed by atoms with Crippen LogP contribution in [0.4, 0.5) is 0 Å².